The Bertz CT molecular complexity index is 746. The van der Waals surface area contributed by atoms with E-state index in [2.05, 4.69) is 25.8 Å². The number of hydrogen-bond donors (Lipinski definition) is 0. The summed E-state index contributed by atoms with van der Waals surface area (Å²) >= 11 is 9.32. The summed E-state index contributed by atoms with van der Waals surface area (Å²) in [7, 11) is 0. The minimum atomic E-state index is -0.00207. The Morgan fingerprint density at radius 3 is 2.64 bits per heavy atom. The minimum absolute atomic E-state index is 0.00207. The lowest BCUT2D eigenvalue weighted by atomic mass is 10.2. The Morgan fingerprint density at radius 2 is 2.00 bits per heavy atom. The molecule has 7 heteroatoms. The van der Waals surface area contributed by atoms with Crippen molar-refractivity contribution in [3.8, 4) is 5.75 Å². The van der Waals surface area contributed by atoms with E-state index in [1.54, 1.807) is 18.3 Å². The topological polar surface area (TPSA) is 45.7 Å². The van der Waals surface area contributed by atoms with Gasteiger partial charge in [-0.15, -0.1) is 0 Å². The van der Waals surface area contributed by atoms with Gasteiger partial charge in [0, 0.05) is 41.9 Å². The van der Waals surface area contributed by atoms with Crippen molar-refractivity contribution in [2.24, 2.45) is 0 Å². The van der Waals surface area contributed by atoms with Crippen LogP contribution in [0.2, 0.25) is 5.02 Å². The molecule has 5 nitrogen and oxygen atoms in total. The number of amides is 1. The fourth-order valence-electron chi connectivity index (χ4n) is 2.75. The molecular formula is C18H19BrClN3O2. The maximum absolute atomic E-state index is 12.4. The molecule has 2 aromatic rings. The number of anilines is 1. The van der Waals surface area contributed by atoms with Gasteiger partial charge in [0.05, 0.1) is 0 Å². The van der Waals surface area contributed by atoms with Gasteiger partial charge in [-0.2, -0.15) is 0 Å². The molecule has 1 aliphatic heterocycles. The summed E-state index contributed by atoms with van der Waals surface area (Å²) in [5.41, 5.74) is 0.923. The van der Waals surface area contributed by atoms with Crippen LogP contribution in [0.4, 0.5) is 5.82 Å². The van der Waals surface area contributed by atoms with E-state index in [1.807, 2.05) is 30.0 Å². The number of nitrogens with zero attached hydrogens (tertiary/aromatic N) is 3. The quantitative estimate of drug-likeness (QED) is 0.753. The Labute approximate surface area is 160 Å². The molecular weight excluding hydrogens is 406 g/mol. The lowest BCUT2D eigenvalue weighted by Crippen LogP contribution is -2.50. The van der Waals surface area contributed by atoms with Crippen molar-refractivity contribution >= 4 is 39.3 Å². The van der Waals surface area contributed by atoms with Gasteiger partial charge >= 0.3 is 0 Å². The molecule has 25 heavy (non-hydrogen) atoms. The van der Waals surface area contributed by atoms with Gasteiger partial charge in [0.25, 0.3) is 5.91 Å². The van der Waals surface area contributed by atoms with E-state index in [4.69, 9.17) is 16.3 Å². The third-order valence-electron chi connectivity index (χ3n) is 4.16. The van der Waals surface area contributed by atoms with Crippen molar-refractivity contribution in [2.45, 2.75) is 6.92 Å². The molecule has 0 bridgehead atoms. The number of hydrogen-bond acceptors (Lipinski definition) is 4. The van der Waals surface area contributed by atoms with Crippen LogP contribution in [0.3, 0.4) is 0 Å². The van der Waals surface area contributed by atoms with Crippen LogP contribution in [0.25, 0.3) is 0 Å². The largest absolute Gasteiger partial charge is 0.483 e. The first-order valence-corrected chi connectivity index (χ1v) is 9.23. The number of pyridine rings is 1. The maximum Gasteiger partial charge on any atom is 0.260 e. The number of aromatic nitrogens is 1. The number of benzene rings is 1. The van der Waals surface area contributed by atoms with E-state index in [0.29, 0.717) is 23.9 Å². The molecule has 1 aliphatic rings. The molecule has 1 fully saturated rings. The van der Waals surface area contributed by atoms with Gasteiger partial charge in [0.1, 0.15) is 11.6 Å². The van der Waals surface area contributed by atoms with Crippen molar-refractivity contribution in [1.29, 1.82) is 0 Å². The normalized spacial score (nSPS) is 14.5. The second-order valence-electron chi connectivity index (χ2n) is 5.90. The van der Waals surface area contributed by atoms with Crippen LogP contribution in [0.1, 0.15) is 5.56 Å². The summed E-state index contributed by atoms with van der Waals surface area (Å²) in [6.07, 6.45) is 1.79. The number of piperazine rings is 1. The van der Waals surface area contributed by atoms with E-state index in [0.717, 1.165) is 28.9 Å². The zero-order valence-electron chi connectivity index (χ0n) is 13.9. The molecule has 1 amide bonds. The highest BCUT2D eigenvalue weighted by Gasteiger charge is 2.22. The molecule has 0 aliphatic carbocycles. The lowest BCUT2D eigenvalue weighted by molar-refractivity contribution is -0.133. The van der Waals surface area contributed by atoms with Gasteiger partial charge in [-0.05, 0) is 58.7 Å². The molecule has 2 heterocycles. The van der Waals surface area contributed by atoms with Crippen LogP contribution in [-0.2, 0) is 4.79 Å². The van der Waals surface area contributed by atoms with Crippen molar-refractivity contribution in [1.82, 2.24) is 9.88 Å². The minimum Gasteiger partial charge on any atom is -0.483 e. The SMILES string of the molecule is Cc1cc(Cl)ccc1OCC(=O)N1CCN(c2ccc(Br)cn2)CC1. The van der Waals surface area contributed by atoms with Crippen molar-refractivity contribution in [3.05, 3.63) is 51.6 Å². The highest BCUT2D eigenvalue weighted by Crippen LogP contribution is 2.22. The second-order valence-corrected chi connectivity index (χ2v) is 7.25. The average Bonchev–Trinajstić information content (AvgIpc) is 2.61. The molecule has 1 saturated heterocycles. The summed E-state index contributed by atoms with van der Waals surface area (Å²) in [6, 6.07) is 9.34. The van der Waals surface area contributed by atoms with Gasteiger partial charge in [-0.25, -0.2) is 4.98 Å². The standard InChI is InChI=1S/C18H19BrClN3O2/c1-13-10-15(20)3-4-16(13)25-12-18(24)23-8-6-22(7-9-23)17-5-2-14(19)11-21-17/h2-5,10-11H,6-9,12H2,1H3. The second kappa shape index (κ2) is 8.06. The smallest absolute Gasteiger partial charge is 0.260 e. The van der Waals surface area contributed by atoms with E-state index in [1.165, 1.54) is 0 Å². The highest BCUT2D eigenvalue weighted by molar-refractivity contribution is 9.10. The summed E-state index contributed by atoms with van der Waals surface area (Å²) < 4.78 is 6.61. The molecule has 0 radical (unpaired) electrons. The number of carbonyl (C=O) groups is 1. The predicted octanol–water partition coefficient (Wildman–Crippen LogP) is 3.53. The third kappa shape index (κ3) is 4.64. The zero-order chi connectivity index (χ0) is 17.8. The van der Waals surface area contributed by atoms with E-state index in [-0.39, 0.29) is 12.5 Å². The summed E-state index contributed by atoms with van der Waals surface area (Å²) in [5.74, 6) is 1.62. The van der Waals surface area contributed by atoms with Crippen LogP contribution in [-0.4, -0.2) is 48.6 Å². The van der Waals surface area contributed by atoms with Crippen LogP contribution >= 0.6 is 27.5 Å². The molecule has 0 atom stereocenters. The average molecular weight is 425 g/mol. The Morgan fingerprint density at radius 1 is 1.24 bits per heavy atom. The fraction of sp³-hybridized carbons (Fsp3) is 0.333. The van der Waals surface area contributed by atoms with Crippen molar-refractivity contribution in [2.75, 3.05) is 37.7 Å². The van der Waals surface area contributed by atoms with Gasteiger partial charge in [0.15, 0.2) is 6.61 Å². The first-order valence-electron chi connectivity index (χ1n) is 8.06. The summed E-state index contributed by atoms with van der Waals surface area (Å²) in [5, 5.41) is 0.661. The molecule has 1 aromatic carbocycles. The van der Waals surface area contributed by atoms with Gasteiger partial charge in [0.2, 0.25) is 0 Å². The Balaban J connectivity index is 1.50. The van der Waals surface area contributed by atoms with E-state index >= 15 is 0 Å². The molecule has 0 spiro atoms. The fourth-order valence-corrected chi connectivity index (χ4v) is 3.21. The van der Waals surface area contributed by atoms with Crippen molar-refractivity contribution < 1.29 is 9.53 Å². The molecule has 1 aromatic heterocycles. The molecule has 0 saturated carbocycles. The number of ether oxygens (including phenoxy) is 1. The van der Waals surface area contributed by atoms with Gasteiger partial charge < -0.3 is 14.5 Å². The first-order chi connectivity index (χ1) is 12.0. The van der Waals surface area contributed by atoms with Crippen molar-refractivity contribution in [3.63, 3.8) is 0 Å². The lowest BCUT2D eigenvalue weighted by Gasteiger charge is -2.35. The number of aryl methyl sites for hydroxylation is 1. The first kappa shape index (κ1) is 18.0. The maximum atomic E-state index is 12.4. The number of carbonyl (C=O) groups excluding carboxylic acids is 1. The number of rotatable bonds is 4. The summed E-state index contributed by atoms with van der Waals surface area (Å²) in [6.45, 7) is 4.81. The van der Waals surface area contributed by atoms with Crippen LogP contribution in [0, 0.1) is 6.92 Å². The Kier molecular flexibility index (Phi) is 5.81. The zero-order valence-corrected chi connectivity index (χ0v) is 16.3. The van der Waals surface area contributed by atoms with Crippen LogP contribution in [0.15, 0.2) is 41.0 Å². The number of halogens is 2. The molecule has 0 unspecified atom stereocenters. The van der Waals surface area contributed by atoms with Gasteiger partial charge in [-0.1, -0.05) is 11.6 Å². The third-order valence-corrected chi connectivity index (χ3v) is 4.86. The summed E-state index contributed by atoms with van der Waals surface area (Å²) in [4.78, 5) is 20.8. The van der Waals surface area contributed by atoms with Crippen LogP contribution < -0.4 is 9.64 Å². The van der Waals surface area contributed by atoms with Crippen LogP contribution in [0.5, 0.6) is 5.75 Å². The highest BCUT2D eigenvalue weighted by atomic mass is 79.9. The predicted molar refractivity (Wildman–Crippen MR) is 102 cm³/mol. The monoisotopic (exact) mass is 423 g/mol. The van der Waals surface area contributed by atoms with E-state index in [9.17, 15) is 4.79 Å². The molecule has 3 rings (SSSR count). The molecule has 0 N–H and O–H groups in total. The molecule has 132 valence electrons. The van der Waals surface area contributed by atoms with E-state index < -0.39 is 0 Å². The van der Waals surface area contributed by atoms with Gasteiger partial charge in [-0.3, -0.25) is 4.79 Å². The Hall–Kier alpha value is -1.79.